The molecule has 0 amide bonds. The normalized spacial score (nSPS) is 11.0. The predicted molar refractivity (Wildman–Crippen MR) is 86.2 cm³/mol. The second-order valence-electron chi connectivity index (χ2n) is 4.99. The van der Waals surface area contributed by atoms with Gasteiger partial charge in [-0.05, 0) is 41.7 Å². The highest BCUT2D eigenvalue weighted by Gasteiger charge is 1.99. The van der Waals surface area contributed by atoms with Crippen LogP contribution in [0.25, 0.3) is 11.1 Å². The van der Waals surface area contributed by atoms with Gasteiger partial charge in [-0.15, -0.1) is 0 Å². The van der Waals surface area contributed by atoms with Crippen LogP contribution in [0.1, 0.15) is 25.3 Å². The van der Waals surface area contributed by atoms with Gasteiger partial charge in [-0.3, -0.25) is 0 Å². The molecule has 0 aliphatic rings. The van der Waals surface area contributed by atoms with Gasteiger partial charge in [-0.2, -0.15) is 0 Å². The molecule has 0 saturated carbocycles. The lowest BCUT2D eigenvalue weighted by atomic mass is 10.0. The van der Waals surface area contributed by atoms with Gasteiger partial charge in [-0.25, -0.2) is 4.39 Å². The predicted octanol–water partition coefficient (Wildman–Crippen LogP) is 5.56. The molecule has 1 nitrogen and oxygen atoms in total. The van der Waals surface area contributed by atoms with E-state index in [4.69, 9.17) is 4.74 Å². The maximum Gasteiger partial charge on any atom is 0.119 e. The van der Waals surface area contributed by atoms with Crippen LogP contribution in [0.3, 0.4) is 0 Å². The minimum atomic E-state index is 0.588. The van der Waals surface area contributed by atoms with Gasteiger partial charge in [-0.1, -0.05) is 55.8 Å². The summed E-state index contributed by atoms with van der Waals surface area (Å²) in [6.07, 6.45) is 4.95. The lowest BCUT2D eigenvalue weighted by molar-refractivity contribution is 0.309. The summed E-state index contributed by atoms with van der Waals surface area (Å²) in [6.45, 7) is 2.92. The van der Waals surface area contributed by atoms with Crippen LogP contribution < -0.4 is 4.74 Å². The highest BCUT2D eigenvalue weighted by Crippen LogP contribution is 2.23. The quantitative estimate of drug-likeness (QED) is 0.605. The fourth-order valence-corrected chi connectivity index (χ4v) is 2.09. The number of ether oxygens (including phenoxy) is 1. The Bertz CT molecular complexity index is 555. The van der Waals surface area contributed by atoms with Gasteiger partial charge < -0.3 is 4.74 Å². The first-order chi connectivity index (χ1) is 10.3. The van der Waals surface area contributed by atoms with E-state index >= 15 is 0 Å². The van der Waals surface area contributed by atoms with E-state index in [1.165, 1.54) is 6.08 Å². The summed E-state index contributed by atoms with van der Waals surface area (Å²) in [4.78, 5) is 0. The zero-order chi connectivity index (χ0) is 14.9. The van der Waals surface area contributed by atoms with E-state index in [0.29, 0.717) is 12.8 Å². The molecule has 0 radical (unpaired) electrons. The maximum atomic E-state index is 12.0. The minimum absolute atomic E-state index is 0.588. The van der Waals surface area contributed by atoms with Crippen molar-refractivity contribution < 1.29 is 9.13 Å². The lowest BCUT2D eigenvalue weighted by Crippen LogP contribution is -1.95. The van der Waals surface area contributed by atoms with Crippen molar-refractivity contribution in [3.05, 3.63) is 66.5 Å². The standard InChI is InChI=1S/C19H21FO/c1-2-3-15-21-19-12-10-18(11-13-19)17-8-6-16(7-9-17)5-4-14-20/h4,6-14H,2-3,5,15H2,1H3. The fourth-order valence-electron chi connectivity index (χ4n) is 2.09. The number of rotatable bonds is 7. The van der Waals surface area contributed by atoms with Crippen molar-refractivity contribution in [2.45, 2.75) is 26.2 Å². The summed E-state index contributed by atoms with van der Waals surface area (Å²) in [6, 6.07) is 16.3. The molecule has 0 heterocycles. The van der Waals surface area contributed by atoms with Crippen molar-refractivity contribution >= 4 is 0 Å². The van der Waals surface area contributed by atoms with Gasteiger partial charge in [0.2, 0.25) is 0 Å². The number of hydrogen-bond donors (Lipinski definition) is 0. The van der Waals surface area contributed by atoms with Crippen LogP contribution in [0.5, 0.6) is 5.75 Å². The zero-order valence-electron chi connectivity index (χ0n) is 12.4. The number of hydrogen-bond acceptors (Lipinski definition) is 1. The Morgan fingerprint density at radius 1 is 0.952 bits per heavy atom. The summed E-state index contributed by atoms with van der Waals surface area (Å²) < 4.78 is 17.6. The summed E-state index contributed by atoms with van der Waals surface area (Å²) in [5, 5.41) is 0. The number of benzene rings is 2. The van der Waals surface area contributed by atoms with Crippen LogP contribution in [0.2, 0.25) is 0 Å². The minimum Gasteiger partial charge on any atom is -0.494 e. The average Bonchev–Trinajstić information content (AvgIpc) is 2.54. The highest BCUT2D eigenvalue weighted by atomic mass is 19.1. The Labute approximate surface area is 126 Å². The van der Waals surface area contributed by atoms with Crippen LogP contribution in [-0.2, 0) is 6.42 Å². The first-order valence-electron chi connectivity index (χ1n) is 7.41. The third-order valence-corrected chi connectivity index (χ3v) is 3.35. The summed E-state index contributed by atoms with van der Waals surface area (Å²) in [5.41, 5.74) is 3.42. The van der Waals surface area contributed by atoms with E-state index in [9.17, 15) is 4.39 Å². The van der Waals surface area contributed by atoms with E-state index in [0.717, 1.165) is 41.9 Å². The van der Waals surface area contributed by atoms with Crippen molar-refractivity contribution in [1.29, 1.82) is 0 Å². The first kappa shape index (κ1) is 15.3. The van der Waals surface area contributed by atoms with E-state index in [1.807, 2.05) is 24.3 Å². The number of unbranched alkanes of at least 4 members (excludes halogenated alkanes) is 1. The molecule has 2 aromatic carbocycles. The first-order valence-corrected chi connectivity index (χ1v) is 7.41. The second kappa shape index (κ2) is 8.25. The highest BCUT2D eigenvalue weighted by molar-refractivity contribution is 5.64. The van der Waals surface area contributed by atoms with Crippen LogP contribution in [0, 0.1) is 0 Å². The van der Waals surface area contributed by atoms with Gasteiger partial charge in [0.15, 0.2) is 0 Å². The molecular formula is C19H21FO. The third kappa shape index (κ3) is 4.75. The molecule has 0 spiro atoms. The Kier molecular flexibility index (Phi) is 6.01. The van der Waals surface area contributed by atoms with Crippen LogP contribution in [-0.4, -0.2) is 6.61 Å². The van der Waals surface area contributed by atoms with Gasteiger partial charge in [0.05, 0.1) is 12.9 Å². The maximum absolute atomic E-state index is 12.0. The molecule has 2 aromatic rings. The Balaban J connectivity index is 2.01. The van der Waals surface area contributed by atoms with Crippen molar-refractivity contribution in [3.8, 4) is 16.9 Å². The molecule has 0 bridgehead atoms. The van der Waals surface area contributed by atoms with Gasteiger partial charge in [0, 0.05) is 0 Å². The van der Waals surface area contributed by atoms with Crippen molar-refractivity contribution in [2.75, 3.05) is 6.61 Å². The van der Waals surface area contributed by atoms with Gasteiger partial charge in [0.1, 0.15) is 5.75 Å². The molecule has 0 fully saturated rings. The molecule has 21 heavy (non-hydrogen) atoms. The molecule has 0 atom stereocenters. The molecule has 2 rings (SSSR count). The molecule has 0 N–H and O–H groups in total. The summed E-state index contributed by atoms with van der Waals surface area (Å²) >= 11 is 0. The van der Waals surface area contributed by atoms with Crippen molar-refractivity contribution in [2.24, 2.45) is 0 Å². The van der Waals surface area contributed by atoms with Crippen molar-refractivity contribution in [1.82, 2.24) is 0 Å². The molecule has 0 aromatic heterocycles. The van der Waals surface area contributed by atoms with E-state index < -0.39 is 0 Å². The topological polar surface area (TPSA) is 9.23 Å². The molecule has 110 valence electrons. The molecule has 0 unspecified atom stereocenters. The second-order valence-corrected chi connectivity index (χ2v) is 4.99. The Morgan fingerprint density at radius 2 is 1.57 bits per heavy atom. The molecule has 2 heteroatoms. The average molecular weight is 284 g/mol. The molecule has 0 saturated heterocycles. The molecular weight excluding hydrogens is 263 g/mol. The Morgan fingerprint density at radius 3 is 2.14 bits per heavy atom. The smallest absolute Gasteiger partial charge is 0.119 e. The molecule has 0 aliphatic heterocycles. The van der Waals surface area contributed by atoms with Crippen LogP contribution in [0.15, 0.2) is 60.9 Å². The van der Waals surface area contributed by atoms with Crippen LogP contribution in [0.4, 0.5) is 4.39 Å². The SMILES string of the molecule is CCCCOc1ccc(-c2ccc(CC=CF)cc2)cc1. The van der Waals surface area contributed by atoms with Crippen molar-refractivity contribution in [3.63, 3.8) is 0 Å². The number of halogens is 1. The Hall–Kier alpha value is -2.09. The van der Waals surface area contributed by atoms with E-state index in [2.05, 4.69) is 31.2 Å². The summed E-state index contributed by atoms with van der Waals surface area (Å²) in [7, 11) is 0. The van der Waals surface area contributed by atoms with E-state index in [1.54, 1.807) is 0 Å². The summed E-state index contributed by atoms with van der Waals surface area (Å²) in [5.74, 6) is 0.914. The third-order valence-electron chi connectivity index (χ3n) is 3.35. The largest absolute Gasteiger partial charge is 0.494 e. The number of allylic oxidation sites excluding steroid dienone is 1. The lowest BCUT2D eigenvalue weighted by Gasteiger charge is -2.07. The zero-order valence-corrected chi connectivity index (χ0v) is 12.4. The van der Waals surface area contributed by atoms with Crippen LogP contribution >= 0.6 is 0 Å². The van der Waals surface area contributed by atoms with E-state index in [-0.39, 0.29) is 0 Å². The van der Waals surface area contributed by atoms with Gasteiger partial charge in [0.25, 0.3) is 0 Å². The fraction of sp³-hybridized carbons (Fsp3) is 0.263. The van der Waals surface area contributed by atoms with Gasteiger partial charge >= 0.3 is 0 Å². The molecule has 0 aliphatic carbocycles. The monoisotopic (exact) mass is 284 g/mol.